The van der Waals surface area contributed by atoms with E-state index in [1.165, 1.54) is 13.0 Å². The lowest BCUT2D eigenvalue weighted by Crippen LogP contribution is -2.46. The Morgan fingerprint density at radius 1 is 1.24 bits per heavy atom. The average Bonchev–Trinajstić information content (AvgIpc) is 2.49. The number of nitrogens with one attached hydrogen (secondary N) is 1. The topological polar surface area (TPSA) is 65.6 Å². The molecule has 0 aliphatic carbocycles. The number of nitrogen functional groups attached to an aromatic ring is 1. The van der Waals surface area contributed by atoms with Gasteiger partial charge in [0.05, 0.1) is 7.11 Å². The fourth-order valence-electron chi connectivity index (χ4n) is 2.80. The maximum Gasteiger partial charge on any atom is 0.123 e. The van der Waals surface area contributed by atoms with Gasteiger partial charge in [-0.05, 0) is 31.2 Å². The van der Waals surface area contributed by atoms with Crippen LogP contribution in [0, 0.1) is 5.41 Å². The number of benzene rings is 1. The number of nitrogens with zero attached hydrogens (tertiary/aromatic N) is 2. The quantitative estimate of drug-likeness (QED) is 0.615. The van der Waals surface area contributed by atoms with E-state index < -0.39 is 0 Å². The molecule has 2 rings (SSSR count). The Labute approximate surface area is 127 Å². The van der Waals surface area contributed by atoms with Crippen LogP contribution in [0.15, 0.2) is 18.2 Å². The Morgan fingerprint density at radius 3 is 2.48 bits per heavy atom. The van der Waals surface area contributed by atoms with Gasteiger partial charge in [0, 0.05) is 43.9 Å². The third-order valence-corrected chi connectivity index (χ3v) is 3.99. The molecule has 21 heavy (non-hydrogen) atoms. The van der Waals surface area contributed by atoms with Crippen LogP contribution in [0.2, 0.25) is 0 Å². The molecule has 3 N–H and O–H groups in total. The third kappa shape index (κ3) is 4.19. The summed E-state index contributed by atoms with van der Waals surface area (Å²) in [5.74, 6) is 0.975. The molecule has 1 aromatic rings. The van der Waals surface area contributed by atoms with Crippen molar-refractivity contribution in [3.63, 3.8) is 0 Å². The zero-order valence-corrected chi connectivity index (χ0v) is 13.1. The van der Waals surface area contributed by atoms with Gasteiger partial charge in [-0.2, -0.15) is 0 Å². The fourth-order valence-corrected chi connectivity index (χ4v) is 2.80. The molecule has 0 atom stereocenters. The minimum Gasteiger partial charge on any atom is -0.496 e. The van der Waals surface area contributed by atoms with Crippen molar-refractivity contribution in [1.82, 2.24) is 9.80 Å². The molecule has 0 saturated carbocycles. The van der Waals surface area contributed by atoms with Crippen molar-refractivity contribution in [3.8, 4) is 5.75 Å². The smallest absolute Gasteiger partial charge is 0.123 e. The van der Waals surface area contributed by atoms with Crippen LogP contribution in [-0.2, 0) is 6.54 Å². The second-order valence-corrected chi connectivity index (χ2v) is 5.56. The molecular formula is C16H26N4O. The minimum absolute atomic E-state index is 0.103. The molecular weight excluding hydrogens is 264 g/mol. The first-order valence-corrected chi connectivity index (χ1v) is 7.60. The summed E-state index contributed by atoms with van der Waals surface area (Å²) in [5.41, 5.74) is 7.45. The summed E-state index contributed by atoms with van der Waals surface area (Å²) in [4.78, 5) is 4.95. The van der Waals surface area contributed by atoms with Crippen LogP contribution in [0.1, 0.15) is 24.5 Å². The molecule has 0 amide bonds. The molecule has 1 aliphatic heterocycles. The first-order valence-electron chi connectivity index (χ1n) is 7.60. The largest absolute Gasteiger partial charge is 0.496 e. The van der Waals surface area contributed by atoms with Crippen LogP contribution in [0.5, 0.6) is 5.75 Å². The fraction of sp³-hybridized carbons (Fsp3) is 0.562. The highest BCUT2D eigenvalue weighted by atomic mass is 16.5. The monoisotopic (exact) mass is 290 g/mol. The standard InChI is InChI=1S/C16H26N4O/c1-3-6-19-7-9-20(10-8-19)12-14-11-13(16(17)18)4-5-15(14)21-2/h4-5,11H,3,6-10,12H2,1-2H3,(H3,17,18). The summed E-state index contributed by atoms with van der Waals surface area (Å²) in [5, 5.41) is 7.57. The van der Waals surface area contributed by atoms with Gasteiger partial charge < -0.3 is 15.4 Å². The van der Waals surface area contributed by atoms with Crippen molar-refractivity contribution in [2.45, 2.75) is 19.9 Å². The number of piperazine rings is 1. The number of hydrogen-bond acceptors (Lipinski definition) is 4. The first-order chi connectivity index (χ1) is 10.1. The van der Waals surface area contributed by atoms with Gasteiger partial charge >= 0.3 is 0 Å². The van der Waals surface area contributed by atoms with Crippen molar-refractivity contribution in [2.75, 3.05) is 39.8 Å². The molecule has 0 spiro atoms. The first kappa shape index (κ1) is 15.8. The maximum atomic E-state index is 7.57. The Bertz CT molecular complexity index is 481. The molecule has 0 aromatic heterocycles. The van der Waals surface area contributed by atoms with E-state index >= 15 is 0 Å². The highest BCUT2D eigenvalue weighted by Crippen LogP contribution is 2.22. The second kappa shape index (κ2) is 7.43. The molecule has 1 fully saturated rings. The van der Waals surface area contributed by atoms with Gasteiger partial charge in [-0.1, -0.05) is 6.92 Å². The van der Waals surface area contributed by atoms with E-state index in [-0.39, 0.29) is 5.84 Å². The summed E-state index contributed by atoms with van der Waals surface area (Å²) in [6.07, 6.45) is 1.22. The molecule has 116 valence electrons. The van der Waals surface area contributed by atoms with Gasteiger partial charge in [0.15, 0.2) is 0 Å². The summed E-state index contributed by atoms with van der Waals surface area (Å²) in [7, 11) is 1.69. The highest BCUT2D eigenvalue weighted by molar-refractivity contribution is 5.95. The van der Waals surface area contributed by atoms with Crippen LogP contribution in [0.4, 0.5) is 0 Å². The van der Waals surface area contributed by atoms with Gasteiger partial charge in [0.2, 0.25) is 0 Å². The molecule has 0 bridgehead atoms. The van der Waals surface area contributed by atoms with E-state index in [1.807, 2.05) is 18.2 Å². The SMILES string of the molecule is CCCN1CCN(Cc2cc(C(=N)N)ccc2OC)CC1. The van der Waals surface area contributed by atoms with E-state index in [9.17, 15) is 0 Å². The van der Waals surface area contributed by atoms with Gasteiger partial charge in [-0.3, -0.25) is 10.3 Å². The van der Waals surface area contributed by atoms with Crippen molar-refractivity contribution in [1.29, 1.82) is 5.41 Å². The van der Waals surface area contributed by atoms with E-state index in [0.717, 1.165) is 49.6 Å². The minimum atomic E-state index is 0.103. The van der Waals surface area contributed by atoms with Gasteiger partial charge in [0.1, 0.15) is 11.6 Å². The number of nitrogens with two attached hydrogens (primary N) is 1. The summed E-state index contributed by atoms with van der Waals surface area (Å²) >= 11 is 0. The van der Waals surface area contributed by atoms with Crippen LogP contribution in [-0.4, -0.2) is 55.5 Å². The zero-order valence-electron chi connectivity index (χ0n) is 13.1. The van der Waals surface area contributed by atoms with E-state index in [2.05, 4.69) is 16.7 Å². The lowest BCUT2D eigenvalue weighted by molar-refractivity contribution is 0.126. The van der Waals surface area contributed by atoms with Gasteiger partial charge in [0.25, 0.3) is 0 Å². The molecule has 5 heteroatoms. The predicted octanol–water partition coefficient (Wildman–Crippen LogP) is 1.51. The zero-order chi connectivity index (χ0) is 15.2. The Balaban J connectivity index is 2.02. The number of rotatable bonds is 6. The normalized spacial score (nSPS) is 16.9. The molecule has 5 nitrogen and oxygen atoms in total. The lowest BCUT2D eigenvalue weighted by atomic mass is 10.1. The highest BCUT2D eigenvalue weighted by Gasteiger charge is 2.17. The maximum absolute atomic E-state index is 7.57. The Kier molecular flexibility index (Phi) is 5.59. The average molecular weight is 290 g/mol. The van der Waals surface area contributed by atoms with Crippen molar-refractivity contribution < 1.29 is 4.74 Å². The number of hydrogen-bond donors (Lipinski definition) is 2. The van der Waals surface area contributed by atoms with Gasteiger partial charge in [-0.15, -0.1) is 0 Å². The van der Waals surface area contributed by atoms with Crippen LogP contribution in [0.3, 0.4) is 0 Å². The molecule has 1 saturated heterocycles. The Hall–Kier alpha value is -1.59. The van der Waals surface area contributed by atoms with Crippen LogP contribution < -0.4 is 10.5 Å². The van der Waals surface area contributed by atoms with E-state index in [4.69, 9.17) is 15.9 Å². The summed E-state index contributed by atoms with van der Waals surface area (Å²) in [6.45, 7) is 8.68. The molecule has 0 unspecified atom stereocenters. The second-order valence-electron chi connectivity index (χ2n) is 5.56. The summed E-state index contributed by atoms with van der Waals surface area (Å²) < 4.78 is 5.43. The number of methoxy groups -OCH3 is 1. The lowest BCUT2D eigenvalue weighted by Gasteiger charge is -2.34. The van der Waals surface area contributed by atoms with Crippen LogP contribution in [0.25, 0.3) is 0 Å². The van der Waals surface area contributed by atoms with Crippen molar-refractivity contribution in [3.05, 3.63) is 29.3 Å². The third-order valence-electron chi connectivity index (χ3n) is 3.99. The van der Waals surface area contributed by atoms with Crippen molar-refractivity contribution >= 4 is 5.84 Å². The predicted molar refractivity (Wildman–Crippen MR) is 86.0 cm³/mol. The number of ether oxygens (including phenoxy) is 1. The van der Waals surface area contributed by atoms with Crippen molar-refractivity contribution in [2.24, 2.45) is 5.73 Å². The van der Waals surface area contributed by atoms with E-state index in [0.29, 0.717) is 0 Å². The Morgan fingerprint density at radius 2 is 1.90 bits per heavy atom. The number of amidine groups is 1. The molecule has 1 aromatic carbocycles. The summed E-state index contributed by atoms with van der Waals surface area (Å²) in [6, 6.07) is 5.71. The van der Waals surface area contributed by atoms with Gasteiger partial charge in [-0.25, -0.2) is 0 Å². The molecule has 1 aliphatic rings. The van der Waals surface area contributed by atoms with E-state index in [1.54, 1.807) is 7.11 Å². The molecule has 0 radical (unpaired) electrons. The van der Waals surface area contributed by atoms with Crippen LogP contribution >= 0.6 is 0 Å². The molecule has 1 heterocycles.